The average Bonchev–Trinajstić information content (AvgIpc) is 3.62. The number of rotatable bonds is 6. The van der Waals surface area contributed by atoms with E-state index >= 15 is 4.39 Å². The summed E-state index contributed by atoms with van der Waals surface area (Å²) in [7, 11) is 3.35. The second-order valence-corrected chi connectivity index (χ2v) is 13.0. The molecule has 3 aliphatic heterocycles. The van der Waals surface area contributed by atoms with Gasteiger partial charge in [0.1, 0.15) is 47.6 Å². The fraction of sp³-hybridized carbons (Fsp3) is 0.433. The number of fused-ring (bicyclic) bond motifs is 2. The number of hydrogen-bond donors (Lipinski definition) is 1. The highest BCUT2D eigenvalue weighted by molar-refractivity contribution is 7.23. The molecule has 4 aromatic rings. The molecule has 2 fully saturated rings. The molecule has 14 heteroatoms. The Balaban J connectivity index is 1.44. The molecule has 0 radical (unpaired) electrons. The zero-order valence-electron chi connectivity index (χ0n) is 23.9. The van der Waals surface area contributed by atoms with Gasteiger partial charge in [-0.1, -0.05) is 17.7 Å². The molecule has 44 heavy (non-hydrogen) atoms. The van der Waals surface area contributed by atoms with E-state index in [1.165, 1.54) is 12.1 Å². The van der Waals surface area contributed by atoms with Gasteiger partial charge in [-0.2, -0.15) is 15.2 Å². The summed E-state index contributed by atoms with van der Waals surface area (Å²) in [6.07, 6.45) is 1.12. The Labute approximate surface area is 259 Å². The van der Waals surface area contributed by atoms with Crippen molar-refractivity contribution in [3.8, 4) is 29.0 Å². The molecule has 1 unspecified atom stereocenters. The first-order valence-electron chi connectivity index (χ1n) is 14.2. The van der Waals surface area contributed by atoms with Crippen molar-refractivity contribution in [1.82, 2.24) is 14.9 Å². The lowest BCUT2D eigenvalue weighted by molar-refractivity contribution is 0.107. The molecule has 9 nitrogen and oxygen atoms in total. The summed E-state index contributed by atoms with van der Waals surface area (Å²) in [6, 6.07) is 4.15. The van der Waals surface area contributed by atoms with E-state index in [0.717, 1.165) is 30.7 Å². The van der Waals surface area contributed by atoms with Crippen LogP contribution in [0.5, 0.6) is 11.8 Å². The van der Waals surface area contributed by atoms with Crippen LogP contribution in [-0.2, 0) is 4.74 Å². The normalized spacial score (nSPS) is 23.2. The number of aromatic nitrogens is 2. The van der Waals surface area contributed by atoms with E-state index in [-0.39, 0.29) is 85.3 Å². The quantitative estimate of drug-likeness (QED) is 0.283. The van der Waals surface area contributed by atoms with Crippen molar-refractivity contribution < 1.29 is 27.4 Å². The van der Waals surface area contributed by atoms with Gasteiger partial charge in [0.2, 0.25) is 0 Å². The maximum Gasteiger partial charge on any atom is 0.319 e. The lowest BCUT2D eigenvalue weighted by Gasteiger charge is -2.31. The predicted molar refractivity (Wildman–Crippen MR) is 163 cm³/mol. The summed E-state index contributed by atoms with van der Waals surface area (Å²) in [5, 5.41) is 10.3. The Morgan fingerprint density at radius 1 is 1.30 bits per heavy atom. The Hall–Kier alpha value is -3.57. The van der Waals surface area contributed by atoms with E-state index in [1.54, 1.807) is 14.2 Å². The zero-order chi connectivity index (χ0) is 30.9. The van der Waals surface area contributed by atoms with E-state index in [9.17, 15) is 14.0 Å². The molecule has 230 valence electrons. The number of nitriles is 1. The van der Waals surface area contributed by atoms with Gasteiger partial charge in [-0.3, -0.25) is 4.90 Å². The molecule has 0 bridgehead atoms. The number of alkyl halides is 1. The van der Waals surface area contributed by atoms with E-state index in [2.05, 4.69) is 14.9 Å². The summed E-state index contributed by atoms with van der Waals surface area (Å²) in [6.45, 7) is 1.69. The summed E-state index contributed by atoms with van der Waals surface area (Å²) in [5.74, 6) is -0.956. The van der Waals surface area contributed by atoms with Crippen molar-refractivity contribution in [1.29, 1.82) is 5.26 Å². The second kappa shape index (κ2) is 10.8. The Kier molecular flexibility index (Phi) is 7.16. The van der Waals surface area contributed by atoms with Gasteiger partial charge >= 0.3 is 6.01 Å². The minimum atomic E-state index is -0.944. The van der Waals surface area contributed by atoms with Crippen LogP contribution in [0.4, 0.5) is 24.0 Å². The third-order valence-corrected chi connectivity index (χ3v) is 10.4. The molecule has 3 aliphatic rings. The van der Waals surface area contributed by atoms with Crippen molar-refractivity contribution in [3.05, 3.63) is 34.4 Å². The zero-order valence-corrected chi connectivity index (χ0v) is 25.5. The highest BCUT2D eigenvalue weighted by atomic mass is 35.5. The van der Waals surface area contributed by atoms with Crippen molar-refractivity contribution in [2.24, 2.45) is 0 Å². The summed E-state index contributed by atoms with van der Waals surface area (Å²) >= 11 is 7.84. The molecule has 0 aliphatic carbocycles. The first kappa shape index (κ1) is 29.2. The number of thiophene rings is 1. The molecule has 2 aromatic carbocycles. The van der Waals surface area contributed by atoms with Gasteiger partial charge in [0.25, 0.3) is 0 Å². The number of nitrogen functional groups attached to an aromatic ring is 1. The summed E-state index contributed by atoms with van der Waals surface area (Å²) < 4.78 is 64.1. The Bertz CT molecular complexity index is 1870. The highest BCUT2D eigenvalue weighted by Crippen LogP contribution is 2.51. The molecular weight excluding hydrogens is 617 g/mol. The van der Waals surface area contributed by atoms with Gasteiger partial charge in [0.05, 0.1) is 38.9 Å². The maximum atomic E-state index is 16.9. The van der Waals surface area contributed by atoms with Crippen molar-refractivity contribution in [2.45, 2.75) is 37.0 Å². The third kappa shape index (κ3) is 4.34. The molecule has 0 amide bonds. The van der Waals surface area contributed by atoms with E-state index < -0.39 is 23.3 Å². The average molecular weight is 645 g/mol. The van der Waals surface area contributed by atoms with E-state index in [4.69, 9.17) is 31.5 Å². The number of ether oxygens (including phenoxy) is 3. The second-order valence-electron chi connectivity index (χ2n) is 11.5. The van der Waals surface area contributed by atoms with Crippen molar-refractivity contribution in [3.63, 3.8) is 0 Å². The number of hydrogen-bond acceptors (Lipinski definition) is 10. The monoisotopic (exact) mass is 644 g/mol. The molecular formula is C30H28ClF3N6O3S. The van der Waals surface area contributed by atoms with Crippen LogP contribution in [0.2, 0.25) is 5.02 Å². The van der Waals surface area contributed by atoms with Gasteiger partial charge in [0, 0.05) is 38.1 Å². The van der Waals surface area contributed by atoms with Crippen molar-refractivity contribution >= 4 is 54.7 Å². The molecule has 2 saturated heterocycles. The maximum absolute atomic E-state index is 16.9. The third-order valence-electron chi connectivity index (χ3n) is 9.03. The highest BCUT2D eigenvalue weighted by Gasteiger charge is 2.49. The SMILES string of the molecule is COCC1COc2c(Cl)c(-c3ccc(F)c4sc(N)c(C#N)c34)c(F)c3nc(OC[C@@]45CCCN4C[C@H](F)C5)nc(c23)N1C. The molecule has 7 rings (SSSR count). The number of benzene rings is 2. The van der Waals surface area contributed by atoms with Crippen LogP contribution in [-0.4, -0.2) is 79.7 Å². The summed E-state index contributed by atoms with van der Waals surface area (Å²) in [4.78, 5) is 13.1. The summed E-state index contributed by atoms with van der Waals surface area (Å²) in [5.41, 5.74) is 5.54. The number of methoxy groups -OCH3 is 1. The first-order valence-corrected chi connectivity index (χ1v) is 15.4. The fourth-order valence-electron chi connectivity index (χ4n) is 6.90. The van der Waals surface area contributed by atoms with Gasteiger partial charge in [-0.05, 0) is 31.0 Å². The number of likely N-dealkylation sites (N-methyl/N-ethyl adjacent to an activating group) is 1. The van der Waals surface area contributed by atoms with Gasteiger partial charge in [-0.15, -0.1) is 11.3 Å². The van der Waals surface area contributed by atoms with Crippen LogP contribution >= 0.6 is 22.9 Å². The number of anilines is 2. The number of nitrogens with two attached hydrogens (primary N) is 1. The number of nitrogens with zero attached hydrogens (tertiary/aromatic N) is 5. The molecule has 2 aromatic heterocycles. The molecule has 0 spiro atoms. The number of halogens is 4. The first-order chi connectivity index (χ1) is 21.2. The molecule has 5 heterocycles. The Morgan fingerprint density at radius 2 is 2.11 bits per heavy atom. The standard InChI is InChI=1S/C30H28ClF3N6O3S/c1-39-15(11-41-2)12-42-25-21-24(37-29(38-28(21)39)43-13-30-6-3-7-40(30)10-14(32)8-30)23(34)20(22(25)31)16-4-5-18(33)26-19(16)17(9-35)27(36)44-26/h4-5,14-15H,3,6-8,10-13,36H2,1-2H3/t14-,15?,30+/m1/s1. The van der Waals surface area contributed by atoms with Gasteiger partial charge < -0.3 is 24.8 Å². The minimum Gasteiger partial charge on any atom is -0.489 e. The lowest BCUT2D eigenvalue weighted by atomic mass is 9.95. The fourth-order valence-corrected chi connectivity index (χ4v) is 8.18. The van der Waals surface area contributed by atoms with Crippen LogP contribution in [0.1, 0.15) is 24.8 Å². The van der Waals surface area contributed by atoms with Crippen LogP contribution in [0.3, 0.4) is 0 Å². The molecule has 2 N–H and O–H groups in total. The van der Waals surface area contributed by atoms with Crippen LogP contribution in [0.25, 0.3) is 32.1 Å². The molecule has 3 atom stereocenters. The minimum absolute atomic E-state index is 0.0252. The molecule has 0 saturated carbocycles. The topological polar surface area (TPSA) is 110 Å². The van der Waals surface area contributed by atoms with Gasteiger partial charge in [-0.25, -0.2) is 13.2 Å². The van der Waals surface area contributed by atoms with Crippen LogP contribution in [0.15, 0.2) is 12.1 Å². The largest absolute Gasteiger partial charge is 0.489 e. The predicted octanol–water partition coefficient (Wildman–Crippen LogP) is 5.70. The smallest absolute Gasteiger partial charge is 0.319 e. The van der Waals surface area contributed by atoms with E-state index in [1.807, 2.05) is 11.0 Å². The van der Waals surface area contributed by atoms with Crippen molar-refractivity contribution in [2.75, 3.05) is 57.7 Å². The van der Waals surface area contributed by atoms with Crippen LogP contribution in [0, 0.1) is 23.0 Å². The van der Waals surface area contributed by atoms with Crippen LogP contribution < -0.4 is 20.1 Å². The van der Waals surface area contributed by atoms with Gasteiger partial charge in [0.15, 0.2) is 11.6 Å². The van der Waals surface area contributed by atoms with E-state index in [0.29, 0.717) is 18.8 Å². The Morgan fingerprint density at radius 3 is 2.89 bits per heavy atom. The lowest BCUT2D eigenvalue weighted by Crippen LogP contribution is -2.43.